The van der Waals surface area contributed by atoms with Gasteiger partial charge in [-0.1, -0.05) is 54.6 Å². The summed E-state index contributed by atoms with van der Waals surface area (Å²) in [6.07, 6.45) is 1.29. The Labute approximate surface area is 237 Å². The molecule has 2 aliphatic rings. The third kappa shape index (κ3) is 5.39. The fourth-order valence-corrected chi connectivity index (χ4v) is 10.8. The highest BCUT2D eigenvalue weighted by Crippen LogP contribution is 2.62. The Balaban J connectivity index is 0.00000336. The Morgan fingerprint density at radius 2 is 1.26 bits per heavy atom. The van der Waals surface area contributed by atoms with E-state index in [2.05, 4.69) is 77.7 Å². The fraction of sp³-hybridized carbons (Fsp3) is 0.355. The summed E-state index contributed by atoms with van der Waals surface area (Å²) in [4.78, 5) is 30.9. The summed E-state index contributed by atoms with van der Waals surface area (Å²) in [5.74, 6) is 0.209. The second-order valence-electron chi connectivity index (χ2n) is 10.9. The normalized spacial score (nSPS) is 19.8. The average Bonchev–Trinajstić information content (AvgIpc) is 3.53. The molecule has 0 unspecified atom stereocenters. The molecule has 5 rings (SSSR count). The van der Waals surface area contributed by atoms with Crippen LogP contribution < -0.4 is 32.9 Å². The zero-order chi connectivity index (χ0) is 26.0. The van der Waals surface area contributed by atoms with Gasteiger partial charge in [0.05, 0.1) is 6.04 Å². The lowest BCUT2D eigenvalue weighted by Crippen LogP contribution is -3.00. The van der Waals surface area contributed by atoms with Crippen molar-refractivity contribution in [2.45, 2.75) is 50.9 Å². The van der Waals surface area contributed by atoms with Gasteiger partial charge in [0.15, 0.2) is 5.66 Å². The molecule has 0 saturated carbocycles. The van der Waals surface area contributed by atoms with Gasteiger partial charge in [-0.15, -0.1) is 0 Å². The van der Waals surface area contributed by atoms with Gasteiger partial charge in [0.1, 0.15) is 28.8 Å². The van der Waals surface area contributed by atoms with E-state index in [0.29, 0.717) is 19.6 Å². The molecule has 2 fully saturated rings. The number of nitrogens with zero attached hydrogens (tertiary/aromatic N) is 2. The van der Waals surface area contributed by atoms with Crippen molar-refractivity contribution in [3.63, 3.8) is 0 Å². The molecule has 200 valence electrons. The topological polar surface area (TPSA) is 49.9 Å². The predicted molar refractivity (Wildman–Crippen MR) is 151 cm³/mol. The van der Waals surface area contributed by atoms with Gasteiger partial charge in [0, 0.05) is 26.1 Å². The highest BCUT2D eigenvalue weighted by Gasteiger charge is 2.59. The minimum Gasteiger partial charge on any atom is -1.00 e. The Kier molecular flexibility index (Phi) is 8.64. The molecule has 2 amide bonds. The van der Waals surface area contributed by atoms with E-state index in [1.54, 1.807) is 4.90 Å². The van der Waals surface area contributed by atoms with Gasteiger partial charge in [-0.25, -0.2) is 4.79 Å². The number of hydrogen-bond acceptors (Lipinski definition) is 3. The van der Waals surface area contributed by atoms with E-state index >= 15 is 0 Å². The van der Waals surface area contributed by atoms with Crippen LogP contribution in [0.15, 0.2) is 91.0 Å². The molecule has 0 N–H and O–H groups in total. The van der Waals surface area contributed by atoms with Crippen LogP contribution in [0.3, 0.4) is 0 Å². The molecule has 2 aliphatic heterocycles. The molecule has 0 spiro atoms. The summed E-state index contributed by atoms with van der Waals surface area (Å²) in [6.45, 7) is 7.50. The molecular weight excluding hydrogens is 559 g/mol. The van der Waals surface area contributed by atoms with E-state index in [-0.39, 0.29) is 40.7 Å². The summed E-state index contributed by atoms with van der Waals surface area (Å²) in [5, 5.41) is 3.69. The first kappa shape index (κ1) is 28.3. The number of carbonyl (C=O) groups excluding carboxylic acids is 2. The van der Waals surface area contributed by atoms with E-state index in [1.807, 2.05) is 39.0 Å². The van der Waals surface area contributed by atoms with Gasteiger partial charge in [0.2, 0.25) is 0 Å². The van der Waals surface area contributed by atoms with Crippen molar-refractivity contribution in [3.05, 3.63) is 91.0 Å². The molecule has 3 aromatic carbocycles. The third-order valence-corrected chi connectivity index (χ3v) is 12.2. The van der Waals surface area contributed by atoms with E-state index in [1.165, 1.54) is 15.9 Å². The highest BCUT2D eigenvalue weighted by molar-refractivity contribution is 7.96. The predicted octanol–water partition coefficient (Wildman–Crippen LogP) is 1.59. The maximum absolute atomic E-state index is 14.4. The van der Waals surface area contributed by atoms with Crippen molar-refractivity contribution in [1.82, 2.24) is 9.80 Å². The lowest BCUT2D eigenvalue weighted by atomic mass is 10.2. The second-order valence-corrected chi connectivity index (χ2v) is 14.6. The fourth-order valence-electron chi connectivity index (χ4n) is 5.87. The van der Waals surface area contributed by atoms with Crippen LogP contribution in [-0.4, -0.2) is 58.7 Å². The van der Waals surface area contributed by atoms with Crippen LogP contribution in [0.1, 0.15) is 33.6 Å². The van der Waals surface area contributed by atoms with Crippen molar-refractivity contribution in [2.24, 2.45) is 0 Å². The van der Waals surface area contributed by atoms with Gasteiger partial charge in [0.25, 0.3) is 5.91 Å². The van der Waals surface area contributed by atoms with E-state index in [0.717, 1.165) is 12.8 Å². The molecule has 0 radical (unpaired) electrons. The zero-order valence-electron chi connectivity index (χ0n) is 22.3. The summed E-state index contributed by atoms with van der Waals surface area (Å²) in [5.41, 5.74) is -0.676. The van der Waals surface area contributed by atoms with Crippen molar-refractivity contribution >= 4 is 35.2 Å². The Morgan fingerprint density at radius 1 is 0.789 bits per heavy atom. The van der Waals surface area contributed by atoms with Crippen LogP contribution in [0.2, 0.25) is 0 Å². The largest absolute Gasteiger partial charge is 1.00 e. The summed E-state index contributed by atoms with van der Waals surface area (Å²) in [7, 11) is -2.29. The van der Waals surface area contributed by atoms with Crippen LogP contribution in [0, 0.1) is 0 Å². The molecule has 3 aromatic rings. The Morgan fingerprint density at radius 3 is 1.71 bits per heavy atom. The minimum absolute atomic E-state index is 0. The molecule has 38 heavy (non-hydrogen) atoms. The lowest BCUT2D eigenvalue weighted by Gasteiger charge is -2.32. The minimum atomic E-state index is -2.29. The quantitative estimate of drug-likeness (QED) is 0.422. The molecule has 2 heterocycles. The Hall–Kier alpha value is -2.69. The maximum atomic E-state index is 14.4. The smallest absolute Gasteiger partial charge is 0.410 e. The van der Waals surface area contributed by atoms with Crippen molar-refractivity contribution in [2.75, 3.05) is 19.6 Å². The van der Waals surface area contributed by atoms with Crippen molar-refractivity contribution in [1.29, 1.82) is 0 Å². The third-order valence-electron chi connectivity index (χ3n) is 7.43. The lowest BCUT2D eigenvalue weighted by molar-refractivity contribution is -0.129. The van der Waals surface area contributed by atoms with Gasteiger partial charge < -0.3 is 31.5 Å². The number of carbonyl (C=O) groups is 2. The van der Waals surface area contributed by atoms with Gasteiger partial charge >= 0.3 is 6.09 Å². The zero-order valence-corrected chi connectivity index (χ0v) is 24.8. The molecule has 0 aliphatic carbocycles. The maximum Gasteiger partial charge on any atom is 0.410 e. The summed E-state index contributed by atoms with van der Waals surface area (Å²) >= 11 is 0. The molecule has 2 saturated heterocycles. The van der Waals surface area contributed by atoms with Crippen molar-refractivity contribution in [3.8, 4) is 0 Å². The van der Waals surface area contributed by atoms with Crippen LogP contribution in [0.5, 0.6) is 0 Å². The summed E-state index contributed by atoms with van der Waals surface area (Å²) in [6, 6.07) is 31.9. The molecule has 5 nitrogen and oxygen atoms in total. The van der Waals surface area contributed by atoms with Crippen LogP contribution >= 0.6 is 7.26 Å². The van der Waals surface area contributed by atoms with Crippen molar-refractivity contribution < 1.29 is 31.3 Å². The summed E-state index contributed by atoms with van der Waals surface area (Å²) < 4.78 is 5.60. The monoisotopic (exact) mass is 594 g/mol. The number of rotatable bonds is 5. The number of benzene rings is 3. The first-order valence-electron chi connectivity index (χ1n) is 13.1. The standard InChI is InChI=1S/C31H36N2O3P.BrH/c1-31(2,3)36-30(35)32-21-19-24(23-32)33-22-20-28(29(33)34)37(25-13-7-4-8-14-25,26-15-9-5-10-16-26)27-17-11-6-12-18-27;/h4-18,24,28H,19-23H2,1-3H3;1H/q+1;/p-1/t24-,28-;/m1./s1. The highest BCUT2D eigenvalue weighted by atomic mass is 79.9. The molecule has 0 bridgehead atoms. The van der Waals surface area contributed by atoms with E-state index in [4.69, 9.17) is 4.74 Å². The second kappa shape index (κ2) is 11.6. The molecular formula is C31H36BrN2O3P. The number of amides is 2. The van der Waals surface area contributed by atoms with Crippen LogP contribution in [0.4, 0.5) is 4.79 Å². The van der Waals surface area contributed by atoms with E-state index < -0.39 is 12.9 Å². The number of likely N-dealkylation sites (tertiary alicyclic amines) is 2. The molecule has 0 aromatic heterocycles. The molecule has 7 heteroatoms. The van der Waals surface area contributed by atoms with Gasteiger partial charge in [-0.3, -0.25) is 4.79 Å². The molecule has 2 atom stereocenters. The Bertz CT molecular complexity index is 1140. The first-order valence-corrected chi connectivity index (χ1v) is 15.0. The first-order chi connectivity index (χ1) is 17.8. The SMILES string of the molecule is CC(C)(C)OC(=O)N1CC[C@@H](N2CC[C@@H]([P+](c3ccccc3)(c3ccccc3)c3ccccc3)C2=O)C1.[Br-]. The van der Waals surface area contributed by atoms with Crippen LogP contribution in [0.25, 0.3) is 0 Å². The van der Waals surface area contributed by atoms with Gasteiger partial charge in [-0.05, 0) is 63.6 Å². The van der Waals surface area contributed by atoms with E-state index in [9.17, 15) is 9.59 Å². The van der Waals surface area contributed by atoms with Crippen LogP contribution in [-0.2, 0) is 9.53 Å². The van der Waals surface area contributed by atoms with Gasteiger partial charge in [-0.2, -0.15) is 0 Å². The number of halogens is 1. The number of ether oxygens (including phenoxy) is 1. The average molecular weight is 596 g/mol. The number of hydrogen-bond donors (Lipinski definition) is 0.